The summed E-state index contributed by atoms with van der Waals surface area (Å²) in [7, 11) is 0. The summed E-state index contributed by atoms with van der Waals surface area (Å²) in [5.41, 5.74) is 4.29. The van der Waals surface area contributed by atoms with E-state index in [0.717, 1.165) is 18.4 Å². The van der Waals surface area contributed by atoms with Crippen LogP contribution in [0.25, 0.3) is 0 Å². The van der Waals surface area contributed by atoms with Crippen molar-refractivity contribution in [3.8, 4) is 0 Å². The molecule has 1 aliphatic rings. The van der Waals surface area contributed by atoms with E-state index in [1.165, 1.54) is 11.1 Å². The Morgan fingerprint density at radius 1 is 1.07 bits per heavy atom. The Balaban J connectivity index is 1.42. The van der Waals surface area contributed by atoms with Crippen LogP contribution in [0.3, 0.4) is 0 Å². The number of hydrogen-bond acceptors (Lipinski definition) is 3. The van der Waals surface area contributed by atoms with Crippen LogP contribution in [-0.2, 0) is 19.5 Å². The molecule has 0 saturated carbocycles. The first kappa shape index (κ1) is 19.9. The Morgan fingerprint density at radius 3 is 2.63 bits per heavy atom. The molecule has 2 heterocycles. The summed E-state index contributed by atoms with van der Waals surface area (Å²) in [5.74, 6) is -0.325. The van der Waals surface area contributed by atoms with Gasteiger partial charge in [0, 0.05) is 32.2 Å². The zero-order valence-electron chi connectivity index (χ0n) is 17.2. The zero-order chi connectivity index (χ0) is 20.9. The Labute approximate surface area is 176 Å². The second kappa shape index (κ2) is 8.95. The number of aryl methyl sites for hydroxylation is 2. The fraction of sp³-hybridized carbons (Fsp3) is 0.292. The fourth-order valence-corrected chi connectivity index (χ4v) is 3.79. The lowest BCUT2D eigenvalue weighted by Crippen LogP contribution is -2.30. The molecule has 0 bridgehead atoms. The van der Waals surface area contributed by atoms with Crippen molar-refractivity contribution < 1.29 is 9.59 Å². The summed E-state index contributed by atoms with van der Waals surface area (Å²) in [6, 6.07) is 19.7. The minimum absolute atomic E-state index is 0.0807. The normalized spacial score (nSPS) is 13.6. The maximum Gasteiger partial charge on any atom is 0.272 e. The molecule has 4 rings (SSSR count). The number of aromatic nitrogens is 2. The maximum atomic E-state index is 13.0. The highest BCUT2D eigenvalue weighted by molar-refractivity contribution is 5.98. The van der Waals surface area contributed by atoms with Gasteiger partial charge in [0.2, 0.25) is 0 Å². The summed E-state index contributed by atoms with van der Waals surface area (Å²) < 4.78 is 1.67. The van der Waals surface area contributed by atoms with Gasteiger partial charge in [0.05, 0.1) is 0 Å². The van der Waals surface area contributed by atoms with Gasteiger partial charge in [-0.3, -0.25) is 14.3 Å². The van der Waals surface area contributed by atoms with Crippen molar-refractivity contribution in [2.45, 2.75) is 32.9 Å². The molecule has 3 aromatic rings. The monoisotopic (exact) mass is 402 g/mol. The quantitative estimate of drug-likeness (QED) is 0.688. The largest absolute Gasteiger partial charge is 0.350 e. The number of rotatable bonds is 6. The zero-order valence-corrected chi connectivity index (χ0v) is 17.2. The summed E-state index contributed by atoms with van der Waals surface area (Å²) in [6.45, 7) is 4.46. The van der Waals surface area contributed by atoms with Crippen LogP contribution in [0.5, 0.6) is 0 Å². The third-order valence-electron chi connectivity index (χ3n) is 5.47. The first-order valence-electron chi connectivity index (χ1n) is 10.4. The van der Waals surface area contributed by atoms with Crippen LogP contribution in [0.2, 0.25) is 0 Å². The van der Waals surface area contributed by atoms with E-state index >= 15 is 0 Å². The van der Waals surface area contributed by atoms with Gasteiger partial charge in [0.1, 0.15) is 5.69 Å². The number of benzene rings is 2. The molecule has 30 heavy (non-hydrogen) atoms. The summed E-state index contributed by atoms with van der Waals surface area (Å²) in [5, 5.41) is 7.33. The molecule has 1 aromatic heterocycles. The van der Waals surface area contributed by atoms with E-state index in [0.29, 0.717) is 37.6 Å². The second-order valence-corrected chi connectivity index (χ2v) is 7.64. The van der Waals surface area contributed by atoms with Gasteiger partial charge in [0.25, 0.3) is 11.8 Å². The Hall–Kier alpha value is -3.41. The van der Waals surface area contributed by atoms with E-state index in [2.05, 4.69) is 29.5 Å². The van der Waals surface area contributed by atoms with Crippen LogP contribution < -0.4 is 5.32 Å². The van der Waals surface area contributed by atoms with Crippen LogP contribution in [-0.4, -0.2) is 39.6 Å². The molecule has 0 unspecified atom stereocenters. The number of hydrogen-bond donors (Lipinski definition) is 1. The van der Waals surface area contributed by atoms with Crippen LogP contribution in [0, 0.1) is 6.92 Å². The first-order chi connectivity index (χ1) is 14.6. The first-order valence-corrected chi connectivity index (χ1v) is 10.4. The fourth-order valence-electron chi connectivity index (χ4n) is 3.79. The Morgan fingerprint density at radius 2 is 1.83 bits per heavy atom. The minimum Gasteiger partial charge on any atom is -0.350 e. The molecule has 6 nitrogen and oxygen atoms in total. The SMILES string of the molecule is Cc1ccccc1CCNC(=O)c1cc2n(n1)CCCN(Cc1ccccc1)C2=O. The van der Waals surface area contributed by atoms with E-state index in [1.807, 2.05) is 47.4 Å². The van der Waals surface area contributed by atoms with Gasteiger partial charge in [-0.2, -0.15) is 5.10 Å². The summed E-state index contributed by atoms with van der Waals surface area (Å²) in [6.07, 6.45) is 1.57. The van der Waals surface area contributed by atoms with Gasteiger partial charge in [-0.05, 0) is 36.5 Å². The lowest BCUT2D eigenvalue weighted by atomic mass is 10.1. The van der Waals surface area contributed by atoms with Crippen molar-refractivity contribution in [1.82, 2.24) is 20.0 Å². The van der Waals surface area contributed by atoms with E-state index in [4.69, 9.17) is 0 Å². The van der Waals surface area contributed by atoms with E-state index in [9.17, 15) is 9.59 Å². The standard InChI is InChI=1S/C24H26N4O2/c1-18-8-5-6-11-20(18)12-13-25-23(29)21-16-22-24(30)27(14-7-15-28(22)26-21)17-19-9-3-2-4-10-19/h2-6,8-11,16H,7,12-15,17H2,1H3,(H,25,29). The predicted molar refractivity (Wildman–Crippen MR) is 115 cm³/mol. The molecule has 0 saturated heterocycles. The Bertz CT molecular complexity index is 1040. The van der Waals surface area contributed by atoms with Crippen molar-refractivity contribution in [2.24, 2.45) is 0 Å². The molecule has 0 radical (unpaired) electrons. The molecule has 2 aromatic carbocycles. The van der Waals surface area contributed by atoms with Crippen molar-refractivity contribution >= 4 is 11.8 Å². The number of fused-ring (bicyclic) bond motifs is 1. The average Bonchev–Trinajstić information content (AvgIpc) is 3.13. The van der Waals surface area contributed by atoms with Crippen molar-refractivity contribution in [1.29, 1.82) is 0 Å². The average molecular weight is 402 g/mol. The summed E-state index contributed by atoms with van der Waals surface area (Å²) in [4.78, 5) is 27.5. The number of carbonyl (C=O) groups is 2. The predicted octanol–water partition coefficient (Wildman–Crippen LogP) is 3.21. The molecule has 0 atom stereocenters. The number of nitrogens with one attached hydrogen (secondary N) is 1. The van der Waals surface area contributed by atoms with Crippen molar-refractivity contribution in [3.05, 3.63) is 88.7 Å². The van der Waals surface area contributed by atoms with Crippen LogP contribution in [0.1, 0.15) is 44.1 Å². The topological polar surface area (TPSA) is 67.2 Å². The van der Waals surface area contributed by atoms with Crippen molar-refractivity contribution in [3.63, 3.8) is 0 Å². The van der Waals surface area contributed by atoms with Crippen molar-refractivity contribution in [2.75, 3.05) is 13.1 Å². The van der Waals surface area contributed by atoms with Gasteiger partial charge in [-0.15, -0.1) is 0 Å². The highest BCUT2D eigenvalue weighted by atomic mass is 16.2. The highest BCUT2D eigenvalue weighted by Crippen LogP contribution is 2.17. The summed E-state index contributed by atoms with van der Waals surface area (Å²) >= 11 is 0. The lowest BCUT2D eigenvalue weighted by Gasteiger charge is -2.20. The van der Waals surface area contributed by atoms with Gasteiger partial charge in [-0.25, -0.2) is 0 Å². The van der Waals surface area contributed by atoms with E-state index in [-0.39, 0.29) is 11.8 Å². The molecular formula is C24H26N4O2. The van der Waals surface area contributed by atoms with E-state index < -0.39 is 0 Å². The smallest absolute Gasteiger partial charge is 0.272 e. The van der Waals surface area contributed by atoms with Gasteiger partial charge in [-0.1, -0.05) is 54.6 Å². The maximum absolute atomic E-state index is 13.0. The number of nitrogens with zero attached hydrogens (tertiary/aromatic N) is 3. The molecule has 1 aliphatic heterocycles. The Kier molecular flexibility index (Phi) is 5.93. The molecule has 0 fully saturated rings. The molecule has 0 spiro atoms. The van der Waals surface area contributed by atoms with Gasteiger partial charge < -0.3 is 10.2 Å². The molecule has 1 N–H and O–H groups in total. The second-order valence-electron chi connectivity index (χ2n) is 7.64. The third-order valence-corrected chi connectivity index (χ3v) is 5.47. The molecule has 0 aliphatic carbocycles. The number of amides is 2. The molecule has 6 heteroatoms. The lowest BCUT2D eigenvalue weighted by molar-refractivity contribution is 0.0745. The molecular weight excluding hydrogens is 376 g/mol. The van der Waals surface area contributed by atoms with E-state index in [1.54, 1.807) is 10.7 Å². The molecule has 2 amide bonds. The number of carbonyl (C=O) groups excluding carboxylic acids is 2. The third kappa shape index (κ3) is 4.43. The minimum atomic E-state index is -0.244. The van der Waals surface area contributed by atoms with Gasteiger partial charge in [0.15, 0.2) is 5.69 Å². The molecule has 154 valence electrons. The highest BCUT2D eigenvalue weighted by Gasteiger charge is 2.26. The van der Waals surface area contributed by atoms with Gasteiger partial charge >= 0.3 is 0 Å². The van der Waals surface area contributed by atoms with Crippen LogP contribution in [0.4, 0.5) is 0 Å². The van der Waals surface area contributed by atoms with Crippen LogP contribution in [0.15, 0.2) is 60.7 Å². The van der Waals surface area contributed by atoms with Crippen LogP contribution >= 0.6 is 0 Å².